The van der Waals surface area contributed by atoms with Crippen molar-refractivity contribution in [3.8, 4) is 0 Å². The summed E-state index contributed by atoms with van der Waals surface area (Å²) in [7, 11) is 0. The van der Waals surface area contributed by atoms with Gasteiger partial charge in [0.2, 0.25) is 0 Å². The van der Waals surface area contributed by atoms with Crippen LogP contribution in [0.15, 0.2) is 48.5 Å². The highest BCUT2D eigenvalue weighted by Gasteiger charge is 2.25. The average molecular weight is 346 g/mol. The van der Waals surface area contributed by atoms with Crippen molar-refractivity contribution < 1.29 is 18.7 Å². The number of halogens is 2. The van der Waals surface area contributed by atoms with Gasteiger partial charge in [0.1, 0.15) is 11.6 Å². The Morgan fingerprint density at radius 1 is 1.04 bits per heavy atom. The number of piperazine rings is 1. The van der Waals surface area contributed by atoms with E-state index in [0.717, 1.165) is 17.7 Å². The predicted molar refractivity (Wildman–Crippen MR) is 90.1 cm³/mol. The Labute approximate surface area is 145 Å². The number of aliphatic hydroxyl groups is 1. The summed E-state index contributed by atoms with van der Waals surface area (Å²) in [6.45, 7) is 2.56. The Balaban J connectivity index is 1.55. The molecular weight excluding hydrogens is 326 g/mol. The molecule has 1 heterocycles. The third-order valence-corrected chi connectivity index (χ3v) is 4.44. The van der Waals surface area contributed by atoms with Gasteiger partial charge in [-0.15, -0.1) is 0 Å². The molecule has 0 spiro atoms. The number of hydrogen-bond acceptors (Lipinski definition) is 3. The van der Waals surface area contributed by atoms with E-state index >= 15 is 0 Å². The van der Waals surface area contributed by atoms with Crippen LogP contribution in [0.25, 0.3) is 0 Å². The van der Waals surface area contributed by atoms with E-state index in [2.05, 4.69) is 4.90 Å². The number of amides is 1. The standard InChI is InChI=1S/C19H20F2N2O2/c20-15-6-7-16(17(21)12-15)19(25)23-10-8-22(9-11-23)13-18(24)14-4-2-1-3-5-14/h1-7,12,18,24H,8-11,13H2/t18-/m1/s1. The zero-order chi connectivity index (χ0) is 17.8. The molecule has 3 rings (SSSR count). The molecule has 2 aromatic carbocycles. The Bertz CT molecular complexity index is 731. The Hall–Kier alpha value is -2.31. The van der Waals surface area contributed by atoms with Crippen LogP contribution in [-0.4, -0.2) is 53.5 Å². The van der Waals surface area contributed by atoms with Gasteiger partial charge in [0, 0.05) is 38.8 Å². The Morgan fingerprint density at radius 2 is 1.72 bits per heavy atom. The van der Waals surface area contributed by atoms with Crippen molar-refractivity contribution in [2.24, 2.45) is 0 Å². The van der Waals surface area contributed by atoms with Crippen LogP contribution in [0.3, 0.4) is 0 Å². The maximum absolute atomic E-state index is 13.8. The molecule has 0 unspecified atom stereocenters. The second-order valence-electron chi connectivity index (χ2n) is 6.14. The number of benzene rings is 2. The second-order valence-corrected chi connectivity index (χ2v) is 6.14. The molecule has 1 aliphatic heterocycles. The van der Waals surface area contributed by atoms with Gasteiger partial charge in [-0.2, -0.15) is 0 Å². The topological polar surface area (TPSA) is 43.8 Å². The zero-order valence-electron chi connectivity index (χ0n) is 13.7. The second kappa shape index (κ2) is 7.72. The first-order valence-electron chi connectivity index (χ1n) is 8.24. The van der Waals surface area contributed by atoms with Gasteiger partial charge in [-0.3, -0.25) is 9.69 Å². The van der Waals surface area contributed by atoms with Crippen LogP contribution in [0, 0.1) is 11.6 Å². The molecule has 0 bridgehead atoms. The van der Waals surface area contributed by atoms with E-state index in [4.69, 9.17) is 0 Å². The van der Waals surface area contributed by atoms with Crippen molar-refractivity contribution in [3.63, 3.8) is 0 Å². The quantitative estimate of drug-likeness (QED) is 0.925. The summed E-state index contributed by atoms with van der Waals surface area (Å²) in [5, 5.41) is 10.3. The number of rotatable bonds is 4. The fourth-order valence-electron chi connectivity index (χ4n) is 2.99. The summed E-state index contributed by atoms with van der Waals surface area (Å²) in [6.07, 6.45) is -0.585. The van der Waals surface area contributed by atoms with Gasteiger partial charge in [-0.1, -0.05) is 30.3 Å². The van der Waals surface area contributed by atoms with E-state index in [-0.39, 0.29) is 5.56 Å². The molecule has 1 atom stereocenters. The van der Waals surface area contributed by atoms with Gasteiger partial charge in [0.25, 0.3) is 5.91 Å². The van der Waals surface area contributed by atoms with Crippen LogP contribution < -0.4 is 0 Å². The average Bonchev–Trinajstić information content (AvgIpc) is 2.62. The lowest BCUT2D eigenvalue weighted by atomic mass is 10.1. The third kappa shape index (κ3) is 4.21. The molecule has 1 N–H and O–H groups in total. The van der Waals surface area contributed by atoms with Crippen molar-refractivity contribution in [3.05, 3.63) is 71.3 Å². The molecule has 1 aliphatic rings. The highest BCUT2D eigenvalue weighted by atomic mass is 19.1. The molecule has 2 aromatic rings. The van der Waals surface area contributed by atoms with Gasteiger partial charge in [-0.05, 0) is 17.7 Å². The van der Waals surface area contributed by atoms with E-state index in [1.54, 1.807) is 4.90 Å². The first-order valence-corrected chi connectivity index (χ1v) is 8.24. The van der Waals surface area contributed by atoms with Crippen LogP contribution in [0.4, 0.5) is 8.78 Å². The minimum atomic E-state index is -0.841. The molecule has 1 fully saturated rings. The van der Waals surface area contributed by atoms with Crippen molar-refractivity contribution >= 4 is 5.91 Å². The largest absolute Gasteiger partial charge is 0.387 e. The summed E-state index contributed by atoms with van der Waals surface area (Å²) in [5.41, 5.74) is 0.744. The van der Waals surface area contributed by atoms with Crippen LogP contribution in [-0.2, 0) is 0 Å². The lowest BCUT2D eigenvalue weighted by molar-refractivity contribution is 0.0524. The third-order valence-electron chi connectivity index (χ3n) is 4.44. The molecule has 6 heteroatoms. The van der Waals surface area contributed by atoms with E-state index in [1.165, 1.54) is 6.07 Å². The van der Waals surface area contributed by atoms with Crippen LogP contribution >= 0.6 is 0 Å². The summed E-state index contributed by atoms with van der Waals surface area (Å²) in [6, 6.07) is 12.4. The number of carbonyl (C=O) groups excluding carboxylic acids is 1. The molecule has 25 heavy (non-hydrogen) atoms. The van der Waals surface area contributed by atoms with E-state index in [9.17, 15) is 18.7 Å². The van der Waals surface area contributed by atoms with Crippen molar-refractivity contribution in [2.45, 2.75) is 6.10 Å². The molecule has 0 saturated carbocycles. The summed E-state index contributed by atoms with van der Waals surface area (Å²) in [4.78, 5) is 16.0. The molecule has 1 saturated heterocycles. The lowest BCUT2D eigenvalue weighted by Gasteiger charge is -2.35. The number of aliphatic hydroxyl groups excluding tert-OH is 1. The fraction of sp³-hybridized carbons (Fsp3) is 0.316. The molecule has 0 aliphatic carbocycles. The zero-order valence-corrected chi connectivity index (χ0v) is 13.7. The number of carbonyl (C=O) groups is 1. The number of hydrogen-bond donors (Lipinski definition) is 1. The molecular formula is C19H20F2N2O2. The number of nitrogens with zero attached hydrogens (tertiary/aromatic N) is 2. The normalized spacial score (nSPS) is 16.7. The molecule has 0 radical (unpaired) electrons. The molecule has 132 valence electrons. The Morgan fingerprint density at radius 3 is 2.36 bits per heavy atom. The van der Waals surface area contributed by atoms with Gasteiger partial charge in [0.05, 0.1) is 11.7 Å². The van der Waals surface area contributed by atoms with E-state index < -0.39 is 23.6 Å². The minimum absolute atomic E-state index is 0.112. The Kier molecular flexibility index (Phi) is 5.40. The maximum atomic E-state index is 13.8. The summed E-state index contributed by atoms with van der Waals surface area (Å²) < 4.78 is 26.7. The van der Waals surface area contributed by atoms with Gasteiger partial charge >= 0.3 is 0 Å². The summed E-state index contributed by atoms with van der Waals surface area (Å²) >= 11 is 0. The monoisotopic (exact) mass is 346 g/mol. The molecule has 4 nitrogen and oxygen atoms in total. The van der Waals surface area contributed by atoms with Gasteiger partial charge in [0.15, 0.2) is 0 Å². The van der Waals surface area contributed by atoms with Gasteiger partial charge < -0.3 is 10.0 Å². The first-order chi connectivity index (χ1) is 12.0. The van der Waals surface area contributed by atoms with Gasteiger partial charge in [-0.25, -0.2) is 8.78 Å². The smallest absolute Gasteiger partial charge is 0.256 e. The van der Waals surface area contributed by atoms with Crippen molar-refractivity contribution in [1.82, 2.24) is 9.80 Å². The fourth-order valence-corrected chi connectivity index (χ4v) is 2.99. The van der Waals surface area contributed by atoms with Crippen molar-refractivity contribution in [1.29, 1.82) is 0 Å². The first kappa shape index (κ1) is 17.5. The lowest BCUT2D eigenvalue weighted by Crippen LogP contribution is -2.49. The highest BCUT2D eigenvalue weighted by molar-refractivity contribution is 5.94. The van der Waals surface area contributed by atoms with Crippen molar-refractivity contribution in [2.75, 3.05) is 32.7 Å². The van der Waals surface area contributed by atoms with E-state index in [0.29, 0.717) is 32.7 Å². The predicted octanol–water partition coefficient (Wildman–Crippen LogP) is 2.46. The minimum Gasteiger partial charge on any atom is -0.387 e. The van der Waals surface area contributed by atoms with Crippen LogP contribution in [0.2, 0.25) is 0 Å². The van der Waals surface area contributed by atoms with Crippen LogP contribution in [0.1, 0.15) is 22.0 Å². The number of β-amino-alcohol motifs (C(OH)–C–C–N with tert-alkyl or cyclic N) is 1. The molecule has 0 aromatic heterocycles. The highest BCUT2D eigenvalue weighted by Crippen LogP contribution is 2.17. The van der Waals surface area contributed by atoms with E-state index in [1.807, 2.05) is 30.3 Å². The molecule has 1 amide bonds. The summed E-state index contributed by atoms with van der Waals surface area (Å²) in [5.74, 6) is -1.97. The maximum Gasteiger partial charge on any atom is 0.256 e. The van der Waals surface area contributed by atoms with Crippen LogP contribution in [0.5, 0.6) is 0 Å². The SMILES string of the molecule is O=C(c1ccc(F)cc1F)N1CCN(C[C@@H](O)c2ccccc2)CC1.